The van der Waals surface area contributed by atoms with Gasteiger partial charge in [0.05, 0.1) is 17.2 Å². The van der Waals surface area contributed by atoms with Crippen LogP contribution in [0.3, 0.4) is 0 Å². The smallest absolute Gasteiger partial charge is 0.465 e. The second kappa shape index (κ2) is 9.43. The summed E-state index contributed by atoms with van der Waals surface area (Å²) in [6, 6.07) is 14.7. The molecule has 7 nitrogen and oxygen atoms in total. The number of hydrogen-bond donors (Lipinski definition) is 3. The highest BCUT2D eigenvalue weighted by atomic mass is 16.7. The van der Waals surface area contributed by atoms with Crippen LogP contribution in [0.2, 0.25) is 0 Å². The molecule has 2 aromatic carbocycles. The Hall–Kier alpha value is -2.84. The fourth-order valence-electron chi connectivity index (χ4n) is 4.56. The number of fused-ring (bicyclic) bond motifs is 1. The molecule has 1 aliphatic heterocycles. The lowest BCUT2D eigenvalue weighted by molar-refractivity contribution is -0.123. The summed E-state index contributed by atoms with van der Waals surface area (Å²) >= 11 is 0. The van der Waals surface area contributed by atoms with E-state index in [1.54, 1.807) is 0 Å². The zero-order chi connectivity index (χ0) is 24.5. The first kappa shape index (κ1) is 24.3. The van der Waals surface area contributed by atoms with Gasteiger partial charge in [-0.3, -0.25) is 4.79 Å². The molecule has 8 heteroatoms. The Morgan fingerprint density at radius 2 is 1.71 bits per heavy atom. The molecule has 0 spiro atoms. The summed E-state index contributed by atoms with van der Waals surface area (Å²) < 4.78 is 12.2. The molecular weight excluding hydrogens is 431 g/mol. The van der Waals surface area contributed by atoms with Crippen molar-refractivity contribution in [2.24, 2.45) is 0 Å². The van der Waals surface area contributed by atoms with E-state index in [9.17, 15) is 14.7 Å². The fraction of sp³-hybridized carbons (Fsp3) is 0.462. The van der Waals surface area contributed by atoms with Crippen LogP contribution in [0.4, 0.5) is 4.79 Å². The summed E-state index contributed by atoms with van der Waals surface area (Å²) in [5.74, 6) is -0.320. The maximum atomic E-state index is 13.1. The fourth-order valence-corrected chi connectivity index (χ4v) is 4.56. The minimum atomic E-state index is -1.22. The molecule has 1 fully saturated rings. The van der Waals surface area contributed by atoms with Gasteiger partial charge in [-0.25, -0.2) is 4.79 Å². The third kappa shape index (κ3) is 5.13. The van der Waals surface area contributed by atoms with Crippen molar-refractivity contribution in [3.05, 3.63) is 65.2 Å². The first-order chi connectivity index (χ1) is 16.1. The van der Waals surface area contributed by atoms with Gasteiger partial charge in [0, 0.05) is 6.42 Å². The molecule has 1 aliphatic carbocycles. The Labute approximate surface area is 201 Å². The minimum absolute atomic E-state index is 0.110. The lowest BCUT2D eigenvalue weighted by atomic mass is 9.78. The van der Waals surface area contributed by atoms with Crippen molar-refractivity contribution >= 4 is 24.6 Å². The first-order valence-corrected chi connectivity index (χ1v) is 11.9. The van der Waals surface area contributed by atoms with Crippen LogP contribution in [0, 0.1) is 0 Å². The predicted octanol–water partition coefficient (Wildman–Crippen LogP) is 3.36. The van der Waals surface area contributed by atoms with Crippen molar-refractivity contribution in [2.75, 3.05) is 0 Å². The number of hydrogen-bond acceptors (Lipinski definition) is 4. The summed E-state index contributed by atoms with van der Waals surface area (Å²) in [5.41, 5.74) is 3.22. The maximum Gasteiger partial charge on any atom is 0.494 e. The number of nitrogens with one attached hydrogen (secondary N) is 2. The van der Waals surface area contributed by atoms with Gasteiger partial charge in [-0.15, -0.1) is 0 Å². The van der Waals surface area contributed by atoms with E-state index in [1.807, 2.05) is 70.2 Å². The van der Waals surface area contributed by atoms with Crippen LogP contribution in [0.5, 0.6) is 0 Å². The van der Waals surface area contributed by atoms with Crippen LogP contribution in [0.15, 0.2) is 48.5 Å². The largest absolute Gasteiger partial charge is 0.494 e. The van der Waals surface area contributed by atoms with E-state index >= 15 is 0 Å². The lowest BCUT2D eigenvalue weighted by Gasteiger charge is -2.32. The SMILES string of the molecule is CC1(C)OB(c2ccc(CC(NC(=O)O)C(=O)N[C@@H]3CCCc4ccccc43)cc2)OC1(C)C. The highest BCUT2D eigenvalue weighted by Crippen LogP contribution is 2.36. The molecule has 3 N–H and O–H groups in total. The number of carbonyl (C=O) groups excluding carboxylic acids is 1. The van der Waals surface area contributed by atoms with Gasteiger partial charge in [0.15, 0.2) is 0 Å². The predicted molar refractivity (Wildman–Crippen MR) is 131 cm³/mol. The molecule has 0 saturated carbocycles. The third-order valence-electron chi connectivity index (χ3n) is 7.25. The average Bonchev–Trinajstić information content (AvgIpc) is 3.00. The van der Waals surface area contributed by atoms with Crippen LogP contribution in [-0.4, -0.2) is 41.5 Å². The van der Waals surface area contributed by atoms with Gasteiger partial charge in [-0.1, -0.05) is 48.5 Å². The van der Waals surface area contributed by atoms with Crippen molar-refractivity contribution in [3.63, 3.8) is 0 Å². The van der Waals surface area contributed by atoms with Gasteiger partial charge in [0.1, 0.15) is 6.04 Å². The van der Waals surface area contributed by atoms with Crippen molar-refractivity contribution in [1.29, 1.82) is 0 Å². The summed E-state index contributed by atoms with van der Waals surface area (Å²) in [6.45, 7) is 8.03. The quantitative estimate of drug-likeness (QED) is 0.570. The Morgan fingerprint density at radius 3 is 2.35 bits per heavy atom. The highest BCUT2D eigenvalue weighted by molar-refractivity contribution is 6.62. The number of carbonyl (C=O) groups is 2. The maximum absolute atomic E-state index is 13.1. The Morgan fingerprint density at radius 1 is 1.06 bits per heavy atom. The topological polar surface area (TPSA) is 96.9 Å². The number of rotatable bonds is 6. The third-order valence-corrected chi connectivity index (χ3v) is 7.25. The van der Waals surface area contributed by atoms with Crippen LogP contribution >= 0.6 is 0 Å². The van der Waals surface area contributed by atoms with Crippen LogP contribution in [0.25, 0.3) is 0 Å². The van der Waals surface area contributed by atoms with E-state index in [4.69, 9.17) is 9.31 Å². The second-order valence-corrected chi connectivity index (χ2v) is 10.2. The van der Waals surface area contributed by atoms with Gasteiger partial charge in [0.25, 0.3) is 0 Å². The van der Waals surface area contributed by atoms with Crippen LogP contribution in [0.1, 0.15) is 63.3 Å². The molecule has 0 radical (unpaired) electrons. The minimum Gasteiger partial charge on any atom is -0.465 e. The molecule has 2 aliphatic rings. The highest BCUT2D eigenvalue weighted by Gasteiger charge is 2.51. The van der Waals surface area contributed by atoms with E-state index in [0.29, 0.717) is 0 Å². The molecule has 2 atom stereocenters. The van der Waals surface area contributed by atoms with Crippen molar-refractivity contribution in [1.82, 2.24) is 10.6 Å². The number of amides is 2. The molecule has 0 bridgehead atoms. The number of aryl methyl sites for hydroxylation is 1. The monoisotopic (exact) mass is 464 g/mol. The second-order valence-electron chi connectivity index (χ2n) is 10.2. The van der Waals surface area contributed by atoms with E-state index in [-0.39, 0.29) is 18.4 Å². The molecule has 34 heavy (non-hydrogen) atoms. The van der Waals surface area contributed by atoms with E-state index in [1.165, 1.54) is 5.56 Å². The zero-order valence-electron chi connectivity index (χ0n) is 20.3. The average molecular weight is 464 g/mol. The first-order valence-electron chi connectivity index (χ1n) is 11.9. The van der Waals surface area contributed by atoms with Gasteiger partial charge >= 0.3 is 13.2 Å². The summed E-state index contributed by atoms with van der Waals surface area (Å²) in [4.78, 5) is 24.5. The summed E-state index contributed by atoms with van der Waals surface area (Å²) in [6.07, 6.45) is 1.84. The molecule has 2 amide bonds. The molecule has 1 heterocycles. The van der Waals surface area contributed by atoms with Gasteiger partial charge in [-0.2, -0.15) is 0 Å². The number of carboxylic acid groups (broad SMARTS) is 1. The number of benzene rings is 2. The summed E-state index contributed by atoms with van der Waals surface area (Å²) in [5, 5.41) is 14.8. The standard InChI is InChI=1S/C26H33BN2O5/c1-25(2)26(3,4)34-27(33-25)19-14-12-17(13-15-19)16-22(29-24(31)32)23(30)28-21-11-7-9-18-8-5-6-10-20(18)21/h5-6,8,10,12-15,21-22,29H,7,9,11,16H2,1-4H3,(H,28,30)(H,31,32)/t21-,22?/m1/s1. The van der Waals surface area contributed by atoms with Gasteiger partial charge < -0.3 is 25.0 Å². The molecule has 0 aromatic heterocycles. The van der Waals surface area contributed by atoms with Crippen molar-refractivity contribution in [3.8, 4) is 0 Å². The van der Waals surface area contributed by atoms with E-state index in [0.717, 1.165) is 35.9 Å². The van der Waals surface area contributed by atoms with Crippen molar-refractivity contribution in [2.45, 2.75) is 76.7 Å². The normalized spacial score (nSPS) is 21.4. The van der Waals surface area contributed by atoms with Crippen LogP contribution in [-0.2, 0) is 26.9 Å². The van der Waals surface area contributed by atoms with Gasteiger partial charge in [0.2, 0.25) is 5.91 Å². The Balaban J connectivity index is 1.45. The Bertz CT molecular complexity index is 1040. The van der Waals surface area contributed by atoms with E-state index in [2.05, 4.69) is 16.7 Å². The molecule has 1 unspecified atom stereocenters. The van der Waals surface area contributed by atoms with Crippen molar-refractivity contribution < 1.29 is 24.0 Å². The lowest BCUT2D eigenvalue weighted by Crippen LogP contribution is -2.48. The molecule has 2 aromatic rings. The van der Waals surface area contributed by atoms with Crippen LogP contribution < -0.4 is 16.1 Å². The van der Waals surface area contributed by atoms with E-state index < -0.39 is 30.5 Å². The molecule has 1 saturated heterocycles. The Kier molecular flexibility index (Phi) is 6.74. The molecule has 4 rings (SSSR count). The zero-order valence-corrected chi connectivity index (χ0v) is 20.3. The molecular formula is C26H33BN2O5. The van der Waals surface area contributed by atoms with Gasteiger partial charge in [-0.05, 0) is 69.1 Å². The molecule has 180 valence electrons. The summed E-state index contributed by atoms with van der Waals surface area (Å²) in [7, 11) is -0.471.